The summed E-state index contributed by atoms with van der Waals surface area (Å²) in [5.41, 5.74) is 2.41. The number of aromatic nitrogens is 4. The highest BCUT2D eigenvalue weighted by molar-refractivity contribution is 7.16. The van der Waals surface area contributed by atoms with Crippen molar-refractivity contribution in [1.82, 2.24) is 25.1 Å². The third kappa shape index (κ3) is 4.76. The molecule has 4 aromatic rings. The molecule has 9 heteroatoms. The lowest BCUT2D eigenvalue weighted by Crippen LogP contribution is -2.25. The lowest BCUT2D eigenvalue weighted by atomic mass is 10.2. The number of rotatable bonds is 7. The van der Waals surface area contributed by atoms with Crippen molar-refractivity contribution >= 4 is 28.8 Å². The van der Waals surface area contributed by atoms with Crippen molar-refractivity contribution in [3.63, 3.8) is 0 Å². The molecule has 0 aliphatic rings. The number of amides is 2. The molecule has 150 valence electrons. The van der Waals surface area contributed by atoms with Crippen LogP contribution < -0.4 is 10.6 Å². The third-order valence-corrected chi connectivity index (χ3v) is 5.34. The summed E-state index contributed by atoms with van der Waals surface area (Å²) >= 11 is 1.15. The number of nitrogens with one attached hydrogen (secondary N) is 2. The van der Waals surface area contributed by atoms with E-state index in [-0.39, 0.29) is 11.8 Å². The fourth-order valence-electron chi connectivity index (χ4n) is 2.75. The van der Waals surface area contributed by atoms with Gasteiger partial charge in [-0.3, -0.25) is 14.6 Å². The van der Waals surface area contributed by atoms with Gasteiger partial charge in [0.15, 0.2) is 0 Å². The average Bonchev–Trinajstić information content (AvgIpc) is 3.48. The molecule has 0 fully saturated rings. The predicted molar refractivity (Wildman–Crippen MR) is 114 cm³/mol. The second kappa shape index (κ2) is 9.10. The molecule has 0 aliphatic carbocycles. The number of thiophene rings is 1. The summed E-state index contributed by atoms with van der Waals surface area (Å²) in [7, 11) is 0. The minimum absolute atomic E-state index is 0.202. The molecular weight excluding hydrogens is 400 g/mol. The van der Waals surface area contributed by atoms with E-state index in [0.717, 1.165) is 22.7 Å². The van der Waals surface area contributed by atoms with Crippen LogP contribution in [0.15, 0.2) is 73.4 Å². The zero-order valence-corrected chi connectivity index (χ0v) is 16.7. The van der Waals surface area contributed by atoms with E-state index in [0.29, 0.717) is 28.4 Å². The van der Waals surface area contributed by atoms with Crippen molar-refractivity contribution < 1.29 is 9.59 Å². The lowest BCUT2D eigenvalue weighted by molar-refractivity contribution is 0.0957. The molecule has 1 aromatic carbocycles. The minimum Gasteiger partial charge on any atom is -0.351 e. The Bertz CT molecular complexity index is 1120. The van der Waals surface area contributed by atoms with Crippen molar-refractivity contribution in [3.05, 3.63) is 88.9 Å². The van der Waals surface area contributed by atoms with Gasteiger partial charge in [-0.1, -0.05) is 6.07 Å². The molecule has 2 amide bonds. The molecule has 3 heterocycles. The summed E-state index contributed by atoms with van der Waals surface area (Å²) in [5.74, 6) is -0.465. The molecule has 30 heavy (non-hydrogen) atoms. The number of carbonyl (C=O) groups excluding carboxylic acids is 2. The Morgan fingerprint density at radius 2 is 1.77 bits per heavy atom. The summed E-state index contributed by atoms with van der Waals surface area (Å²) < 4.78 is 1.63. The van der Waals surface area contributed by atoms with E-state index in [9.17, 15) is 9.59 Å². The van der Waals surface area contributed by atoms with E-state index >= 15 is 0 Å². The summed E-state index contributed by atoms with van der Waals surface area (Å²) in [6.07, 6.45) is 5.43. The maximum absolute atomic E-state index is 12.5. The molecule has 0 unspecified atom stereocenters. The molecule has 4 rings (SSSR count). The lowest BCUT2D eigenvalue weighted by Gasteiger charge is -2.05. The number of anilines is 1. The number of hydrogen-bond donors (Lipinski definition) is 2. The first-order chi connectivity index (χ1) is 14.7. The molecule has 2 N–H and O–H groups in total. The zero-order chi connectivity index (χ0) is 20.8. The van der Waals surface area contributed by atoms with Gasteiger partial charge in [-0.15, -0.1) is 11.3 Å². The Hall–Kier alpha value is -3.85. The predicted octanol–water partition coefficient (Wildman–Crippen LogP) is 2.95. The van der Waals surface area contributed by atoms with Gasteiger partial charge in [-0.25, -0.2) is 9.67 Å². The molecule has 0 atom stereocenters. The fourth-order valence-corrected chi connectivity index (χ4v) is 3.57. The van der Waals surface area contributed by atoms with Crippen molar-refractivity contribution in [3.8, 4) is 5.69 Å². The standard InChI is InChI=1S/C21H18N6O2S/c28-20(24-12-10-15-3-1-2-11-23-15)18-8-9-19(30-18)21(29)26-16-4-6-17(7-5-16)27-14-22-13-25-27/h1-9,11,13-14H,10,12H2,(H,24,28)(H,26,29). The zero-order valence-electron chi connectivity index (χ0n) is 15.9. The van der Waals surface area contributed by atoms with E-state index in [1.807, 2.05) is 30.3 Å². The Kier molecular flexibility index (Phi) is 5.90. The van der Waals surface area contributed by atoms with Crippen LogP contribution in [0, 0.1) is 0 Å². The molecule has 3 aromatic heterocycles. The maximum atomic E-state index is 12.5. The Morgan fingerprint density at radius 3 is 2.47 bits per heavy atom. The molecule has 0 saturated carbocycles. The first-order valence-electron chi connectivity index (χ1n) is 9.23. The van der Waals surface area contributed by atoms with Crippen molar-refractivity contribution in [2.45, 2.75) is 6.42 Å². The fraction of sp³-hybridized carbons (Fsp3) is 0.0952. The largest absolute Gasteiger partial charge is 0.351 e. The molecular formula is C21H18N6O2S. The Morgan fingerprint density at radius 1 is 0.967 bits per heavy atom. The maximum Gasteiger partial charge on any atom is 0.265 e. The van der Waals surface area contributed by atoms with E-state index in [2.05, 4.69) is 25.7 Å². The van der Waals surface area contributed by atoms with Crippen LogP contribution in [0.2, 0.25) is 0 Å². The van der Waals surface area contributed by atoms with Crippen LogP contribution in [-0.2, 0) is 6.42 Å². The molecule has 8 nitrogen and oxygen atoms in total. The van der Waals surface area contributed by atoms with Gasteiger partial charge in [0.2, 0.25) is 0 Å². The monoisotopic (exact) mass is 418 g/mol. The molecule has 0 radical (unpaired) electrons. The number of hydrogen-bond acceptors (Lipinski definition) is 6. The van der Waals surface area contributed by atoms with E-state index < -0.39 is 0 Å². The summed E-state index contributed by atoms with van der Waals surface area (Å²) in [6, 6.07) is 16.2. The van der Waals surface area contributed by atoms with Crippen LogP contribution in [-0.4, -0.2) is 38.1 Å². The van der Waals surface area contributed by atoms with E-state index in [1.165, 1.54) is 6.33 Å². The van der Waals surface area contributed by atoms with Gasteiger partial charge in [0.1, 0.15) is 12.7 Å². The molecule has 0 bridgehead atoms. The number of benzene rings is 1. The molecule has 0 saturated heterocycles. The smallest absolute Gasteiger partial charge is 0.265 e. The summed E-state index contributed by atoms with van der Waals surface area (Å²) in [4.78, 5) is 33.9. The molecule has 0 aliphatic heterocycles. The van der Waals surface area contributed by atoms with Crippen molar-refractivity contribution in [1.29, 1.82) is 0 Å². The number of pyridine rings is 1. The SMILES string of the molecule is O=C(NCCc1ccccn1)c1ccc(C(=O)Nc2ccc(-n3cncn3)cc2)s1. The van der Waals surface area contributed by atoms with Gasteiger partial charge in [-0.05, 0) is 48.5 Å². The summed E-state index contributed by atoms with van der Waals surface area (Å²) in [5, 5.41) is 9.75. The van der Waals surface area contributed by atoms with Crippen LogP contribution in [0.3, 0.4) is 0 Å². The van der Waals surface area contributed by atoms with E-state index in [4.69, 9.17) is 0 Å². The van der Waals surface area contributed by atoms with Crippen LogP contribution in [0.5, 0.6) is 0 Å². The van der Waals surface area contributed by atoms with Gasteiger partial charge in [0.25, 0.3) is 11.8 Å². The highest BCUT2D eigenvalue weighted by Gasteiger charge is 2.14. The molecule has 0 spiro atoms. The highest BCUT2D eigenvalue weighted by Crippen LogP contribution is 2.19. The third-order valence-electron chi connectivity index (χ3n) is 4.25. The van der Waals surface area contributed by atoms with Gasteiger partial charge < -0.3 is 10.6 Å². The van der Waals surface area contributed by atoms with Gasteiger partial charge in [0, 0.05) is 30.5 Å². The van der Waals surface area contributed by atoms with Crippen LogP contribution in [0.25, 0.3) is 5.69 Å². The van der Waals surface area contributed by atoms with Crippen molar-refractivity contribution in [2.24, 2.45) is 0 Å². The second-order valence-electron chi connectivity index (χ2n) is 6.33. The first-order valence-corrected chi connectivity index (χ1v) is 10.0. The Labute approximate surface area is 176 Å². The topological polar surface area (TPSA) is 102 Å². The quantitative estimate of drug-likeness (QED) is 0.480. The van der Waals surface area contributed by atoms with Gasteiger partial charge >= 0.3 is 0 Å². The van der Waals surface area contributed by atoms with Gasteiger partial charge in [0.05, 0.1) is 15.4 Å². The summed E-state index contributed by atoms with van der Waals surface area (Å²) in [6.45, 7) is 0.480. The normalized spacial score (nSPS) is 10.5. The van der Waals surface area contributed by atoms with Crippen LogP contribution >= 0.6 is 11.3 Å². The van der Waals surface area contributed by atoms with Crippen molar-refractivity contribution in [2.75, 3.05) is 11.9 Å². The van der Waals surface area contributed by atoms with E-state index in [1.54, 1.807) is 41.5 Å². The Balaban J connectivity index is 1.31. The van der Waals surface area contributed by atoms with Crippen LogP contribution in [0.1, 0.15) is 25.0 Å². The first kappa shape index (κ1) is 19.5. The van der Waals surface area contributed by atoms with Crippen LogP contribution in [0.4, 0.5) is 5.69 Å². The number of carbonyl (C=O) groups is 2. The van der Waals surface area contributed by atoms with Gasteiger partial charge in [-0.2, -0.15) is 5.10 Å². The highest BCUT2D eigenvalue weighted by atomic mass is 32.1. The minimum atomic E-state index is -0.263. The number of nitrogens with zero attached hydrogens (tertiary/aromatic N) is 4. The average molecular weight is 418 g/mol. The second-order valence-corrected chi connectivity index (χ2v) is 7.42.